The summed E-state index contributed by atoms with van der Waals surface area (Å²) < 4.78 is 12.0. The number of furan rings is 1. The van der Waals surface area contributed by atoms with Gasteiger partial charge in [0.25, 0.3) is 0 Å². The number of rotatable bonds is 5. The van der Waals surface area contributed by atoms with E-state index in [4.69, 9.17) is 19.4 Å². The van der Waals surface area contributed by atoms with Gasteiger partial charge in [-0.05, 0) is 42.5 Å². The fourth-order valence-corrected chi connectivity index (χ4v) is 8.69. The van der Waals surface area contributed by atoms with Gasteiger partial charge in [-0.1, -0.05) is 146 Å². The summed E-state index contributed by atoms with van der Waals surface area (Å²) in [4.78, 5) is 15.1. The number of hydrogen-bond donors (Lipinski definition) is 0. The van der Waals surface area contributed by atoms with Crippen LogP contribution in [0.25, 0.3) is 111 Å². The second-order valence-electron chi connectivity index (χ2n) is 14.4. The average molecular weight is 730 g/mol. The highest BCUT2D eigenvalue weighted by atomic mass is 16.3. The summed E-state index contributed by atoms with van der Waals surface area (Å²) in [7, 11) is 0. The lowest BCUT2D eigenvalue weighted by Crippen LogP contribution is -2.00. The fourth-order valence-electron chi connectivity index (χ4n) is 8.69. The van der Waals surface area contributed by atoms with Crippen LogP contribution in [-0.2, 0) is 0 Å². The van der Waals surface area contributed by atoms with Gasteiger partial charge in [0, 0.05) is 49.1 Å². The van der Waals surface area contributed by atoms with Crippen molar-refractivity contribution in [2.75, 3.05) is 0 Å². The topological polar surface area (TPSA) is 61.7 Å². The monoisotopic (exact) mass is 729 g/mol. The molecule has 0 bridgehead atoms. The molecular weight excluding hydrogens is 699 g/mol. The molecule has 0 N–H and O–H groups in total. The van der Waals surface area contributed by atoms with Crippen LogP contribution in [0.15, 0.2) is 192 Å². The Morgan fingerprint density at radius 2 is 0.825 bits per heavy atom. The van der Waals surface area contributed by atoms with E-state index in [0.29, 0.717) is 17.5 Å². The van der Waals surface area contributed by atoms with Crippen LogP contribution in [0.3, 0.4) is 0 Å². The highest BCUT2D eigenvalue weighted by molar-refractivity contribution is 6.24. The summed E-state index contributed by atoms with van der Waals surface area (Å²) in [5, 5.41) is 6.74. The highest BCUT2D eigenvalue weighted by Gasteiger charge is 2.24. The van der Waals surface area contributed by atoms with Crippen molar-refractivity contribution in [2.24, 2.45) is 0 Å². The van der Waals surface area contributed by atoms with Crippen molar-refractivity contribution < 1.29 is 4.42 Å². The molecule has 0 spiro atoms. The molecule has 4 aromatic heterocycles. The molecule has 0 atom stereocenters. The first-order valence-electron chi connectivity index (χ1n) is 19.1. The summed E-state index contributed by atoms with van der Waals surface area (Å²) in [5.41, 5.74) is 10.8. The molecule has 266 valence electrons. The lowest BCUT2D eigenvalue weighted by Gasteiger charge is -2.14. The van der Waals surface area contributed by atoms with Crippen molar-refractivity contribution in [1.29, 1.82) is 0 Å². The molecule has 0 unspecified atom stereocenters. The number of hydrogen-bond acceptors (Lipinski definition) is 4. The van der Waals surface area contributed by atoms with Gasteiger partial charge in [-0.15, -0.1) is 0 Å². The number of aromatic nitrogens is 5. The predicted octanol–water partition coefficient (Wildman–Crippen LogP) is 13.0. The molecule has 12 rings (SSSR count). The van der Waals surface area contributed by atoms with E-state index in [9.17, 15) is 0 Å². The van der Waals surface area contributed by atoms with Crippen molar-refractivity contribution in [1.82, 2.24) is 24.1 Å². The number of nitrogens with zero attached hydrogens (tertiary/aromatic N) is 5. The number of para-hydroxylation sites is 5. The average Bonchev–Trinajstić information content (AvgIpc) is 3.95. The Bertz CT molecular complexity index is 3400. The number of benzene rings is 8. The minimum atomic E-state index is 0.556. The summed E-state index contributed by atoms with van der Waals surface area (Å²) in [6.45, 7) is 0. The van der Waals surface area contributed by atoms with Gasteiger partial charge in [0.05, 0.1) is 33.3 Å². The summed E-state index contributed by atoms with van der Waals surface area (Å²) >= 11 is 0. The molecule has 0 fully saturated rings. The van der Waals surface area contributed by atoms with Gasteiger partial charge in [-0.2, -0.15) is 0 Å². The first-order chi connectivity index (χ1) is 28.3. The second-order valence-corrected chi connectivity index (χ2v) is 14.4. The third kappa shape index (κ3) is 4.74. The molecule has 57 heavy (non-hydrogen) atoms. The Balaban J connectivity index is 1.18. The zero-order chi connectivity index (χ0) is 37.5. The number of fused-ring (bicyclic) bond motifs is 10. The van der Waals surface area contributed by atoms with Gasteiger partial charge in [0.2, 0.25) is 0 Å². The maximum Gasteiger partial charge on any atom is 0.167 e. The molecule has 0 aliphatic rings. The van der Waals surface area contributed by atoms with Crippen LogP contribution >= 0.6 is 0 Å². The van der Waals surface area contributed by atoms with Crippen LogP contribution in [0.2, 0.25) is 0 Å². The predicted molar refractivity (Wildman–Crippen MR) is 232 cm³/mol. The van der Waals surface area contributed by atoms with Gasteiger partial charge in [-0.25, -0.2) is 15.0 Å². The van der Waals surface area contributed by atoms with Crippen LogP contribution < -0.4 is 0 Å². The first-order valence-corrected chi connectivity index (χ1v) is 19.1. The second kappa shape index (κ2) is 12.3. The normalized spacial score (nSPS) is 11.9. The Kier molecular flexibility index (Phi) is 6.83. The molecule has 4 heterocycles. The van der Waals surface area contributed by atoms with E-state index in [1.54, 1.807) is 0 Å². The quantitative estimate of drug-likeness (QED) is 0.177. The van der Waals surface area contributed by atoms with Crippen molar-refractivity contribution in [3.05, 3.63) is 188 Å². The molecule has 12 aromatic rings. The smallest absolute Gasteiger partial charge is 0.167 e. The summed E-state index contributed by atoms with van der Waals surface area (Å²) in [6.07, 6.45) is 0. The van der Waals surface area contributed by atoms with Crippen molar-refractivity contribution >= 4 is 65.6 Å². The van der Waals surface area contributed by atoms with Gasteiger partial charge < -0.3 is 13.6 Å². The van der Waals surface area contributed by atoms with Gasteiger partial charge in [0.1, 0.15) is 5.58 Å². The van der Waals surface area contributed by atoms with E-state index in [1.807, 2.05) is 66.7 Å². The molecule has 8 aromatic carbocycles. The SMILES string of the molecule is c1ccc(-c2nc(-c3ccccc3)nc(-c3cccc4c3oc3c4ccc4c5cccc(-n6c7ccccc7c7ccccc76)c5n(-c5ccccc5)c43)n2)cc1. The standard InChI is InChI=1S/C51H31N5O/c1-4-16-32(17-5-1)49-52-50(33-18-6-2-7-19-33)54-51(53-49)41-26-14-25-39-40-31-30-38-37-24-15-29-44(56-42-27-12-10-22-35(42)36-23-11-13-28-43(36)56)45(37)55(34-20-8-3-9-21-34)46(38)48(40)57-47(39)41/h1-31H. The summed E-state index contributed by atoms with van der Waals surface area (Å²) in [5.74, 6) is 1.77. The van der Waals surface area contributed by atoms with E-state index in [0.717, 1.165) is 82.8 Å². The summed E-state index contributed by atoms with van der Waals surface area (Å²) in [6, 6.07) is 65.5. The van der Waals surface area contributed by atoms with E-state index in [-0.39, 0.29) is 0 Å². The van der Waals surface area contributed by atoms with Crippen LogP contribution in [0.1, 0.15) is 0 Å². The Morgan fingerprint density at radius 3 is 1.49 bits per heavy atom. The third-order valence-corrected chi connectivity index (χ3v) is 11.2. The molecule has 0 saturated carbocycles. The third-order valence-electron chi connectivity index (χ3n) is 11.2. The molecular formula is C51H31N5O. The Hall–Kier alpha value is -7.83. The van der Waals surface area contributed by atoms with Gasteiger partial charge >= 0.3 is 0 Å². The molecule has 0 aliphatic carbocycles. The maximum atomic E-state index is 7.18. The van der Waals surface area contributed by atoms with Crippen LogP contribution in [-0.4, -0.2) is 24.1 Å². The van der Waals surface area contributed by atoms with Gasteiger partial charge in [-0.3, -0.25) is 0 Å². The largest absolute Gasteiger partial charge is 0.453 e. The molecule has 6 heteroatoms. The molecule has 0 saturated heterocycles. The van der Waals surface area contributed by atoms with Crippen LogP contribution in [0.5, 0.6) is 0 Å². The zero-order valence-corrected chi connectivity index (χ0v) is 30.5. The van der Waals surface area contributed by atoms with Crippen molar-refractivity contribution in [3.63, 3.8) is 0 Å². The van der Waals surface area contributed by atoms with E-state index in [1.165, 1.54) is 10.8 Å². The first kappa shape index (κ1) is 31.5. The minimum absolute atomic E-state index is 0.556. The maximum absolute atomic E-state index is 7.18. The van der Waals surface area contributed by atoms with Crippen molar-refractivity contribution in [2.45, 2.75) is 0 Å². The van der Waals surface area contributed by atoms with Crippen molar-refractivity contribution in [3.8, 4) is 45.5 Å². The lowest BCUT2D eigenvalue weighted by atomic mass is 10.1. The van der Waals surface area contributed by atoms with Crippen LogP contribution in [0, 0.1) is 0 Å². The molecule has 6 nitrogen and oxygen atoms in total. The molecule has 0 aliphatic heterocycles. The van der Waals surface area contributed by atoms with E-state index < -0.39 is 0 Å². The zero-order valence-electron chi connectivity index (χ0n) is 30.5. The van der Waals surface area contributed by atoms with E-state index in [2.05, 4.69) is 130 Å². The Labute approximate surface area is 326 Å². The van der Waals surface area contributed by atoms with E-state index >= 15 is 0 Å². The Morgan fingerprint density at radius 1 is 0.333 bits per heavy atom. The lowest BCUT2D eigenvalue weighted by molar-refractivity contribution is 0.671. The molecule has 0 radical (unpaired) electrons. The van der Waals surface area contributed by atoms with Gasteiger partial charge in [0.15, 0.2) is 23.1 Å². The highest BCUT2D eigenvalue weighted by Crippen LogP contribution is 2.45. The fraction of sp³-hybridized carbons (Fsp3) is 0. The molecule has 0 amide bonds. The van der Waals surface area contributed by atoms with Crippen LogP contribution in [0.4, 0.5) is 0 Å². The minimum Gasteiger partial charge on any atom is -0.453 e.